The van der Waals surface area contributed by atoms with Crippen molar-refractivity contribution in [3.05, 3.63) is 0 Å². The normalized spacial score (nSPS) is 13.5. The molecule has 1 N–H and O–H groups in total. The fourth-order valence-electron chi connectivity index (χ4n) is 1.88. The second-order valence-corrected chi connectivity index (χ2v) is 5.49. The van der Waals surface area contributed by atoms with E-state index in [0.29, 0.717) is 0 Å². The summed E-state index contributed by atoms with van der Waals surface area (Å²) in [5.74, 6) is -0.156. The molecule has 0 saturated heterocycles. The fraction of sp³-hybridized carbons (Fsp3) is 0.929. The Balaban J connectivity index is 4.00. The zero-order chi connectivity index (χ0) is 13.3. The number of esters is 1. The third-order valence-corrected chi connectivity index (χ3v) is 3.18. The highest BCUT2D eigenvalue weighted by atomic mass is 16.5. The fourth-order valence-corrected chi connectivity index (χ4v) is 1.88. The monoisotopic (exact) mass is 243 g/mol. The molecule has 0 amide bonds. The zero-order valence-electron chi connectivity index (χ0n) is 12.1. The first kappa shape index (κ1) is 16.4. The molecule has 3 heteroatoms. The Morgan fingerprint density at radius 2 is 1.94 bits per heavy atom. The molecule has 0 aromatic heterocycles. The summed E-state index contributed by atoms with van der Waals surface area (Å²) in [5, 5.41) is 3.31. The summed E-state index contributed by atoms with van der Waals surface area (Å²) >= 11 is 0. The van der Waals surface area contributed by atoms with Crippen LogP contribution in [0.1, 0.15) is 59.8 Å². The van der Waals surface area contributed by atoms with Crippen LogP contribution in [0.3, 0.4) is 0 Å². The van der Waals surface area contributed by atoms with Gasteiger partial charge in [0.05, 0.1) is 7.11 Å². The number of carbonyl (C=O) groups is 1. The molecule has 0 spiro atoms. The van der Waals surface area contributed by atoms with Crippen LogP contribution in [0.4, 0.5) is 0 Å². The van der Waals surface area contributed by atoms with E-state index in [-0.39, 0.29) is 17.4 Å². The van der Waals surface area contributed by atoms with Crippen LogP contribution >= 0.6 is 0 Å². The molecule has 0 aliphatic carbocycles. The van der Waals surface area contributed by atoms with Gasteiger partial charge in [-0.05, 0) is 18.3 Å². The summed E-state index contributed by atoms with van der Waals surface area (Å²) in [4.78, 5) is 11.4. The van der Waals surface area contributed by atoms with Crippen molar-refractivity contribution < 1.29 is 9.53 Å². The standard InChI is InChI=1S/C14H29NO2/c1-6-8-9-10-14(3,4)11-15-12(7-2)13(16)17-5/h12,15H,6-11H2,1-5H3. The maximum atomic E-state index is 11.4. The second kappa shape index (κ2) is 8.51. The molecule has 0 bridgehead atoms. The van der Waals surface area contributed by atoms with Gasteiger partial charge in [0, 0.05) is 6.54 Å². The smallest absolute Gasteiger partial charge is 0.322 e. The van der Waals surface area contributed by atoms with Gasteiger partial charge in [-0.1, -0.05) is 47.0 Å². The van der Waals surface area contributed by atoms with Gasteiger partial charge in [0.2, 0.25) is 0 Å². The summed E-state index contributed by atoms with van der Waals surface area (Å²) < 4.78 is 4.77. The highest BCUT2D eigenvalue weighted by Crippen LogP contribution is 2.22. The van der Waals surface area contributed by atoms with Crippen molar-refractivity contribution in [3.8, 4) is 0 Å². The van der Waals surface area contributed by atoms with Gasteiger partial charge in [-0.3, -0.25) is 4.79 Å². The van der Waals surface area contributed by atoms with E-state index in [0.717, 1.165) is 13.0 Å². The number of rotatable bonds is 9. The Labute approximate surface area is 106 Å². The van der Waals surface area contributed by atoms with Crippen LogP contribution in [0.25, 0.3) is 0 Å². The number of unbranched alkanes of at least 4 members (excludes halogenated alkanes) is 2. The van der Waals surface area contributed by atoms with E-state index < -0.39 is 0 Å². The third kappa shape index (κ3) is 7.37. The second-order valence-electron chi connectivity index (χ2n) is 5.49. The van der Waals surface area contributed by atoms with Gasteiger partial charge >= 0.3 is 5.97 Å². The lowest BCUT2D eigenvalue weighted by Gasteiger charge is -2.27. The van der Waals surface area contributed by atoms with Crippen LogP contribution in [0.5, 0.6) is 0 Å². The quantitative estimate of drug-likeness (QED) is 0.499. The topological polar surface area (TPSA) is 38.3 Å². The van der Waals surface area contributed by atoms with Gasteiger partial charge in [-0.15, -0.1) is 0 Å². The lowest BCUT2D eigenvalue weighted by molar-refractivity contribution is -0.143. The molecule has 3 nitrogen and oxygen atoms in total. The molecule has 0 rings (SSSR count). The molecule has 0 aromatic carbocycles. The highest BCUT2D eigenvalue weighted by molar-refractivity contribution is 5.75. The lowest BCUT2D eigenvalue weighted by Crippen LogP contribution is -2.42. The zero-order valence-corrected chi connectivity index (χ0v) is 12.1. The van der Waals surface area contributed by atoms with Gasteiger partial charge in [0.1, 0.15) is 6.04 Å². The van der Waals surface area contributed by atoms with Crippen molar-refractivity contribution in [2.45, 2.75) is 65.8 Å². The number of ether oxygens (including phenoxy) is 1. The average molecular weight is 243 g/mol. The number of hydrogen-bond acceptors (Lipinski definition) is 3. The molecule has 17 heavy (non-hydrogen) atoms. The van der Waals surface area contributed by atoms with E-state index in [1.54, 1.807) is 0 Å². The Hall–Kier alpha value is -0.570. The largest absolute Gasteiger partial charge is 0.468 e. The van der Waals surface area contributed by atoms with Crippen LogP contribution in [0.2, 0.25) is 0 Å². The summed E-state index contributed by atoms with van der Waals surface area (Å²) in [6.45, 7) is 9.58. The van der Waals surface area contributed by atoms with Crippen molar-refractivity contribution in [3.63, 3.8) is 0 Å². The maximum absolute atomic E-state index is 11.4. The summed E-state index contributed by atoms with van der Waals surface area (Å²) in [6.07, 6.45) is 5.78. The van der Waals surface area contributed by atoms with Crippen LogP contribution in [0.15, 0.2) is 0 Å². The molecule has 0 saturated carbocycles. The first-order valence-corrected chi connectivity index (χ1v) is 6.78. The molecule has 1 atom stereocenters. The molecule has 1 unspecified atom stereocenters. The minimum Gasteiger partial charge on any atom is -0.468 e. The number of nitrogens with one attached hydrogen (secondary N) is 1. The van der Waals surface area contributed by atoms with Crippen LogP contribution < -0.4 is 5.32 Å². The van der Waals surface area contributed by atoms with Gasteiger partial charge in [-0.2, -0.15) is 0 Å². The van der Waals surface area contributed by atoms with Crippen LogP contribution in [-0.2, 0) is 9.53 Å². The van der Waals surface area contributed by atoms with Crippen molar-refractivity contribution in [1.82, 2.24) is 5.32 Å². The van der Waals surface area contributed by atoms with Crippen LogP contribution in [0, 0.1) is 5.41 Å². The number of carbonyl (C=O) groups excluding carboxylic acids is 1. The van der Waals surface area contributed by atoms with Gasteiger partial charge in [-0.25, -0.2) is 0 Å². The first-order valence-electron chi connectivity index (χ1n) is 6.78. The summed E-state index contributed by atoms with van der Waals surface area (Å²) in [5.41, 5.74) is 0.247. The maximum Gasteiger partial charge on any atom is 0.322 e. The van der Waals surface area contributed by atoms with E-state index >= 15 is 0 Å². The molecule has 0 heterocycles. The summed E-state index contributed by atoms with van der Waals surface area (Å²) in [6, 6.07) is -0.162. The highest BCUT2D eigenvalue weighted by Gasteiger charge is 2.22. The molecule has 0 aliphatic rings. The minimum absolute atomic E-state index is 0.156. The predicted molar refractivity (Wildman–Crippen MR) is 72.0 cm³/mol. The van der Waals surface area contributed by atoms with Crippen LogP contribution in [-0.4, -0.2) is 25.7 Å². The molecule has 0 aromatic rings. The average Bonchev–Trinajstić information content (AvgIpc) is 2.29. The minimum atomic E-state index is -0.162. The Morgan fingerprint density at radius 1 is 1.29 bits per heavy atom. The molecule has 0 radical (unpaired) electrons. The van der Waals surface area contributed by atoms with Crippen molar-refractivity contribution in [2.24, 2.45) is 5.41 Å². The first-order chi connectivity index (χ1) is 7.96. The third-order valence-electron chi connectivity index (χ3n) is 3.18. The number of hydrogen-bond donors (Lipinski definition) is 1. The van der Waals surface area contributed by atoms with E-state index in [1.165, 1.54) is 32.8 Å². The Morgan fingerprint density at radius 3 is 2.41 bits per heavy atom. The van der Waals surface area contributed by atoms with Crippen molar-refractivity contribution >= 4 is 5.97 Å². The van der Waals surface area contributed by atoms with Gasteiger partial charge < -0.3 is 10.1 Å². The van der Waals surface area contributed by atoms with E-state index in [9.17, 15) is 4.79 Å². The lowest BCUT2D eigenvalue weighted by atomic mass is 9.86. The van der Waals surface area contributed by atoms with Crippen molar-refractivity contribution in [2.75, 3.05) is 13.7 Å². The SMILES string of the molecule is CCCCCC(C)(C)CNC(CC)C(=O)OC. The van der Waals surface area contributed by atoms with E-state index in [2.05, 4.69) is 26.1 Å². The van der Waals surface area contributed by atoms with E-state index in [4.69, 9.17) is 4.74 Å². The van der Waals surface area contributed by atoms with Gasteiger partial charge in [0.15, 0.2) is 0 Å². The van der Waals surface area contributed by atoms with E-state index in [1.807, 2.05) is 6.92 Å². The Kier molecular flexibility index (Phi) is 8.23. The molecule has 0 aliphatic heterocycles. The molecule has 102 valence electrons. The predicted octanol–water partition coefficient (Wildman–Crippen LogP) is 3.13. The Bertz CT molecular complexity index is 214. The molecular weight excluding hydrogens is 214 g/mol. The van der Waals surface area contributed by atoms with Gasteiger partial charge in [0.25, 0.3) is 0 Å². The molecular formula is C14H29NO2. The molecule has 0 fully saturated rings. The summed E-state index contributed by atoms with van der Waals surface area (Å²) in [7, 11) is 1.44. The van der Waals surface area contributed by atoms with Crippen molar-refractivity contribution in [1.29, 1.82) is 0 Å². The number of methoxy groups -OCH3 is 1.